The number of aromatic amines is 1. The standard InChI is InChI=1S/C18H28N6O16P2/c1-5(26)21-8-12(29)10(27)6(2-25)38-17(8)39-42(34,35)40-41(32,33)36-3-7-11(28)13(30)16(37-7)24-4-20-9-14(24)22-18(19)23-15(9)31/h4,6-8,10-13,16-17,25,27-30H,2-3H2,1H3,(H,21,26)(H,32,33)(H,34,35)(H3,19,22,23,31)/t6-,7-,8-,10-,11-,12-,13-,16-,17-/m1/s1. The lowest BCUT2D eigenvalue weighted by molar-refractivity contribution is -0.247. The first kappa shape index (κ1) is 32.5. The average molecular weight is 646 g/mol. The van der Waals surface area contributed by atoms with Crippen LogP contribution in [0.3, 0.4) is 0 Å². The van der Waals surface area contributed by atoms with Crippen LogP contribution < -0.4 is 16.6 Å². The minimum Gasteiger partial charge on any atom is -0.394 e. The maximum absolute atomic E-state index is 12.5. The van der Waals surface area contributed by atoms with E-state index in [0.717, 1.165) is 17.8 Å². The smallest absolute Gasteiger partial charge is 0.394 e. The molecule has 2 saturated heterocycles. The second-order valence-corrected chi connectivity index (χ2v) is 12.2. The van der Waals surface area contributed by atoms with Crippen LogP contribution in [0, 0.1) is 0 Å². The molecule has 0 radical (unpaired) electrons. The predicted octanol–water partition coefficient (Wildman–Crippen LogP) is -4.48. The van der Waals surface area contributed by atoms with Gasteiger partial charge in [-0.15, -0.1) is 0 Å². The number of imidazole rings is 1. The summed E-state index contributed by atoms with van der Waals surface area (Å²) in [5, 5.41) is 52.6. The lowest BCUT2D eigenvalue weighted by Gasteiger charge is -2.42. The summed E-state index contributed by atoms with van der Waals surface area (Å²) in [6.07, 6.45) is -12.6. The topological polar surface area (TPSA) is 341 Å². The van der Waals surface area contributed by atoms with Crippen molar-refractivity contribution in [3.8, 4) is 0 Å². The first-order chi connectivity index (χ1) is 19.5. The molecule has 4 heterocycles. The van der Waals surface area contributed by atoms with Crippen LogP contribution in [0.5, 0.6) is 0 Å². The van der Waals surface area contributed by atoms with Gasteiger partial charge in [0.2, 0.25) is 11.9 Å². The van der Waals surface area contributed by atoms with E-state index in [9.17, 15) is 54.0 Å². The van der Waals surface area contributed by atoms with E-state index in [1.54, 1.807) is 0 Å². The molecule has 11 atom stereocenters. The van der Waals surface area contributed by atoms with Crippen LogP contribution >= 0.6 is 15.6 Å². The molecule has 2 fully saturated rings. The number of anilines is 1. The molecule has 2 aliphatic rings. The monoisotopic (exact) mass is 646 g/mol. The summed E-state index contributed by atoms with van der Waals surface area (Å²) in [6, 6.07) is -1.69. The minimum atomic E-state index is -5.63. The fraction of sp³-hybridized carbons (Fsp3) is 0.667. The van der Waals surface area contributed by atoms with Crippen molar-refractivity contribution < 1.29 is 72.1 Å². The maximum atomic E-state index is 12.5. The molecular weight excluding hydrogens is 618 g/mol. The molecule has 0 bridgehead atoms. The number of nitrogens with one attached hydrogen (secondary N) is 2. The van der Waals surface area contributed by atoms with Gasteiger partial charge >= 0.3 is 15.6 Å². The minimum absolute atomic E-state index is 0.118. The highest BCUT2D eigenvalue weighted by atomic mass is 31.3. The number of aliphatic hydroxyl groups is 5. The number of carbonyl (C=O) groups excluding carboxylic acids is 1. The highest BCUT2D eigenvalue weighted by Gasteiger charge is 2.50. The molecule has 11 N–H and O–H groups in total. The summed E-state index contributed by atoms with van der Waals surface area (Å²) in [6.45, 7) is -0.896. The Morgan fingerprint density at radius 3 is 2.43 bits per heavy atom. The van der Waals surface area contributed by atoms with E-state index in [4.69, 9.17) is 19.7 Å². The molecule has 4 rings (SSSR count). The number of ether oxygens (including phenoxy) is 2. The van der Waals surface area contributed by atoms with Crippen molar-refractivity contribution in [2.24, 2.45) is 0 Å². The van der Waals surface area contributed by atoms with Gasteiger partial charge in [0.15, 0.2) is 23.7 Å². The summed E-state index contributed by atoms with van der Waals surface area (Å²) in [5.41, 5.74) is 4.55. The van der Waals surface area contributed by atoms with E-state index in [1.165, 1.54) is 0 Å². The fourth-order valence-corrected chi connectivity index (χ4v) is 6.42. The number of H-pyrrole nitrogens is 1. The molecule has 42 heavy (non-hydrogen) atoms. The molecule has 2 aromatic heterocycles. The Labute approximate surface area is 233 Å². The van der Waals surface area contributed by atoms with Gasteiger partial charge in [0, 0.05) is 6.92 Å². The zero-order chi connectivity index (χ0) is 31.1. The van der Waals surface area contributed by atoms with E-state index in [2.05, 4.69) is 29.1 Å². The lowest BCUT2D eigenvalue weighted by Crippen LogP contribution is -2.64. The molecule has 2 unspecified atom stereocenters. The molecule has 1 amide bonds. The van der Waals surface area contributed by atoms with E-state index in [0.29, 0.717) is 0 Å². The van der Waals surface area contributed by atoms with E-state index in [1.807, 2.05) is 0 Å². The van der Waals surface area contributed by atoms with Crippen molar-refractivity contribution >= 4 is 38.7 Å². The van der Waals surface area contributed by atoms with Gasteiger partial charge in [0.25, 0.3) is 5.56 Å². The third kappa shape index (κ3) is 6.87. The zero-order valence-corrected chi connectivity index (χ0v) is 23.1. The Morgan fingerprint density at radius 1 is 1.12 bits per heavy atom. The molecule has 2 aliphatic heterocycles. The third-order valence-electron chi connectivity index (χ3n) is 6.16. The van der Waals surface area contributed by atoms with Crippen molar-refractivity contribution in [1.29, 1.82) is 0 Å². The van der Waals surface area contributed by atoms with Crippen molar-refractivity contribution in [1.82, 2.24) is 24.8 Å². The third-order valence-corrected chi connectivity index (χ3v) is 8.76. The Kier molecular flexibility index (Phi) is 9.52. The first-order valence-corrected chi connectivity index (χ1v) is 14.9. The number of hydrogen-bond acceptors (Lipinski definition) is 17. The number of hydrogen-bond donors (Lipinski definition) is 10. The normalized spacial score (nSPS) is 34.6. The van der Waals surface area contributed by atoms with Gasteiger partial charge in [0.1, 0.15) is 42.7 Å². The maximum Gasteiger partial charge on any atom is 0.483 e. The predicted molar refractivity (Wildman–Crippen MR) is 132 cm³/mol. The summed E-state index contributed by atoms with van der Waals surface area (Å²) in [4.78, 5) is 53.6. The van der Waals surface area contributed by atoms with E-state index in [-0.39, 0.29) is 17.1 Å². The van der Waals surface area contributed by atoms with Crippen molar-refractivity contribution in [2.45, 2.75) is 62.1 Å². The Bertz CT molecular complexity index is 1450. The van der Waals surface area contributed by atoms with Crippen LogP contribution in [0.2, 0.25) is 0 Å². The Morgan fingerprint density at radius 2 is 1.79 bits per heavy atom. The molecule has 0 saturated carbocycles. The fourth-order valence-electron chi connectivity index (χ4n) is 4.26. The molecular formula is C18H28N6O16P2. The van der Waals surface area contributed by atoms with Crippen molar-refractivity contribution in [3.63, 3.8) is 0 Å². The van der Waals surface area contributed by atoms with Crippen LogP contribution in [0.4, 0.5) is 5.95 Å². The van der Waals surface area contributed by atoms with Crippen molar-refractivity contribution in [3.05, 3.63) is 16.7 Å². The van der Waals surface area contributed by atoms with Gasteiger partial charge in [-0.05, 0) is 0 Å². The quantitative estimate of drug-likeness (QED) is 0.109. The summed E-state index contributed by atoms with van der Waals surface area (Å²) in [7, 11) is -11.1. The second kappa shape index (κ2) is 12.3. The molecule has 0 spiro atoms. The van der Waals surface area contributed by atoms with Crippen molar-refractivity contribution in [2.75, 3.05) is 18.9 Å². The first-order valence-electron chi connectivity index (χ1n) is 11.9. The van der Waals surface area contributed by atoms with Gasteiger partial charge < -0.3 is 55.8 Å². The van der Waals surface area contributed by atoms with Crippen LogP contribution in [-0.2, 0) is 36.8 Å². The molecule has 236 valence electrons. The Hall–Kier alpha value is -2.40. The number of rotatable bonds is 10. The van der Waals surface area contributed by atoms with Gasteiger partial charge in [-0.2, -0.15) is 9.29 Å². The average Bonchev–Trinajstić information content (AvgIpc) is 3.42. The second-order valence-electron chi connectivity index (χ2n) is 9.17. The molecule has 0 aromatic carbocycles. The number of phosphoric acid groups is 2. The van der Waals surface area contributed by atoms with E-state index >= 15 is 0 Å². The van der Waals surface area contributed by atoms with Crippen LogP contribution in [0.25, 0.3) is 11.2 Å². The number of nitrogen functional groups attached to an aromatic ring is 1. The zero-order valence-electron chi connectivity index (χ0n) is 21.3. The number of fused-ring (bicyclic) bond motifs is 1. The summed E-state index contributed by atoms with van der Waals surface area (Å²) < 4.78 is 50.2. The highest BCUT2D eigenvalue weighted by molar-refractivity contribution is 7.61. The number of nitrogens with two attached hydrogens (primary N) is 1. The molecule has 22 nitrogen and oxygen atoms in total. The largest absolute Gasteiger partial charge is 0.483 e. The molecule has 2 aromatic rings. The van der Waals surface area contributed by atoms with Gasteiger partial charge in [-0.25, -0.2) is 14.1 Å². The summed E-state index contributed by atoms with van der Waals surface area (Å²) in [5.74, 6) is -1.07. The highest BCUT2D eigenvalue weighted by Crippen LogP contribution is 2.61. The number of aromatic nitrogens is 4. The van der Waals surface area contributed by atoms with Gasteiger partial charge in [-0.1, -0.05) is 0 Å². The molecule has 0 aliphatic carbocycles. The summed E-state index contributed by atoms with van der Waals surface area (Å²) >= 11 is 0. The number of nitrogens with zero attached hydrogens (tertiary/aromatic N) is 3. The number of aliphatic hydroxyl groups excluding tert-OH is 5. The van der Waals surface area contributed by atoms with Crippen LogP contribution in [-0.4, -0.2) is 123 Å². The van der Waals surface area contributed by atoms with Crippen LogP contribution in [0.1, 0.15) is 13.2 Å². The Balaban J connectivity index is 1.42. The molecule has 24 heteroatoms. The lowest BCUT2D eigenvalue weighted by atomic mass is 9.97. The number of phosphoric ester groups is 2. The van der Waals surface area contributed by atoms with Gasteiger partial charge in [-0.3, -0.25) is 28.2 Å². The number of amides is 1. The van der Waals surface area contributed by atoms with Gasteiger partial charge in [0.05, 0.1) is 19.5 Å². The van der Waals surface area contributed by atoms with Crippen LogP contribution in [0.15, 0.2) is 11.1 Å². The SMILES string of the molecule is CC(=O)N[C@H]1[C@@H](OP(=O)(O)OP(=O)(O)OC[C@H]2O[C@@H](n3cnc4c(=O)[nH]c(N)nc43)[C@H](O)[C@@H]2O)O[C@H](CO)[C@@H](O)[C@@H]1O. The van der Waals surface area contributed by atoms with E-state index < -0.39 is 95.5 Å². The number of carbonyl (C=O) groups is 1.